The average molecular weight is 212 g/mol. The van der Waals surface area contributed by atoms with E-state index in [1.54, 1.807) is 0 Å². The Bertz CT molecular complexity index is 407. The molecule has 1 rings (SSSR count). The first-order valence-electron chi connectivity index (χ1n) is 4.07. The van der Waals surface area contributed by atoms with E-state index in [1.165, 1.54) is 14.0 Å². The molecule has 0 aliphatic rings. The molecule has 0 radical (unpaired) electrons. The number of amides is 1. The number of nitroso groups, excluding NO2 is 1. The smallest absolute Gasteiger partial charge is 0.221 e. The van der Waals surface area contributed by atoms with Crippen molar-refractivity contribution in [2.75, 3.05) is 12.4 Å². The third-order valence-electron chi connectivity index (χ3n) is 1.68. The highest BCUT2D eigenvalue weighted by Crippen LogP contribution is 2.32. The molecule has 0 aliphatic carbocycles. The molecule has 0 saturated heterocycles. The zero-order valence-corrected chi connectivity index (χ0v) is 8.20. The van der Waals surface area contributed by atoms with Crippen LogP contribution in [0.25, 0.3) is 0 Å². The third-order valence-corrected chi connectivity index (χ3v) is 1.68. The van der Waals surface area contributed by atoms with Gasteiger partial charge in [0.05, 0.1) is 12.8 Å². The molecule has 1 aromatic rings. The minimum atomic E-state index is -0.673. The first-order valence-corrected chi connectivity index (χ1v) is 4.07. The molecule has 0 spiro atoms. The highest BCUT2D eigenvalue weighted by Gasteiger charge is 2.11. The molecule has 0 aliphatic heterocycles. The number of hydrogen-bond donors (Lipinski definition) is 1. The van der Waals surface area contributed by atoms with Crippen LogP contribution in [0, 0.1) is 10.7 Å². The second-order valence-electron chi connectivity index (χ2n) is 2.78. The van der Waals surface area contributed by atoms with E-state index in [-0.39, 0.29) is 17.1 Å². The van der Waals surface area contributed by atoms with Crippen LogP contribution in [0.3, 0.4) is 0 Å². The maximum Gasteiger partial charge on any atom is 0.221 e. The normalized spacial score (nSPS) is 9.53. The van der Waals surface area contributed by atoms with Gasteiger partial charge in [-0.25, -0.2) is 4.39 Å². The average Bonchev–Trinajstić information content (AvgIpc) is 2.17. The summed E-state index contributed by atoms with van der Waals surface area (Å²) in [6, 6.07) is 2.10. The number of carbonyl (C=O) groups is 1. The van der Waals surface area contributed by atoms with Gasteiger partial charge in [-0.1, -0.05) is 0 Å². The van der Waals surface area contributed by atoms with E-state index < -0.39 is 11.7 Å². The van der Waals surface area contributed by atoms with Crippen molar-refractivity contribution in [1.29, 1.82) is 0 Å². The van der Waals surface area contributed by atoms with Gasteiger partial charge in [0.15, 0.2) is 11.6 Å². The predicted molar refractivity (Wildman–Crippen MR) is 52.7 cm³/mol. The Balaban J connectivity index is 3.20. The summed E-state index contributed by atoms with van der Waals surface area (Å²) in [4.78, 5) is 21.1. The lowest BCUT2D eigenvalue weighted by molar-refractivity contribution is -0.114. The molecule has 0 unspecified atom stereocenters. The lowest BCUT2D eigenvalue weighted by Gasteiger charge is -2.07. The molecular formula is C9H9FN2O3. The Kier molecular flexibility index (Phi) is 3.33. The van der Waals surface area contributed by atoms with E-state index in [4.69, 9.17) is 0 Å². The standard InChI is InChI=1S/C9H9FN2O3/c1-5(13)11-7-3-6(10)9(15-2)4-8(7)12-14/h3-4H,1-2H3,(H,11,13). The van der Waals surface area contributed by atoms with Crippen molar-refractivity contribution in [3.63, 3.8) is 0 Å². The Morgan fingerprint density at radius 2 is 2.20 bits per heavy atom. The Hall–Kier alpha value is -1.98. The van der Waals surface area contributed by atoms with Crippen molar-refractivity contribution >= 4 is 17.3 Å². The maximum absolute atomic E-state index is 13.2. The number of methoxy groups -OCH3 is 1. The van der Waals surface area contributed by atoms with E-state index in [1.807, 2.05) is 0 Å². The van der Waals surface area contributed by atoms with Crippen LogP contribution in [0.1, 0.15) is 6.92 Å². The van der Waals surface area contributed by atoms with E-state index in [9.17, 15) is 14.1 Å². The molecule has 0 aromatic heterocycles. The summed E-state index contributed by atoms with van der Waals surface area (Å²) in [7, 11) is 1.27. The van der Waals surface area contributed by atoms with E-state index >= 15 is 0 Å². The second-order valence-corrected chi connectivity index (χ2v) is 2.78. The number of anilines is 1. The SMILES string of the molecule is COc1cc(N=O)c(NC(C)=O)cc1F. The van der Waals surface area contributed by atoms with Gasteiger partial charge < -0.3 is 10.1 Å². The van der Waals surface area contributed by atoms with Crippen LogP contribution in [-0.4, -0.2) is 13.0 Å². The van der Waals surface area contributed by atoms with Crippen LogP contribution in [0.15, 0.2) is 17.3 Å². The fourth-order valence-corrected chi connectivity index (χ4v) is 1.06. The summed E-state index contributed by atoms with van der Waals surface area (Å²) < 4.78 is 17.9. The Morgan fingerprint density at radius 1 is 1.53 bits per heavy atom. The van der Waals surface area contributed by atoms with Crippen molar-refractivity contribution in [1.82, 2.24) is 0 Å². The summed E-state index contributed by atoms with van der Waals surface area (Å²) in [6.45, 7) is 1.25. The number of nitrogens with one attached hydrogen (secondary N) is 1. The van der Waals surface area contributed by atoms with Gasteiger partial charge in [-0.3, -0.25) is 4.79 Å². The molecular weight excluding hydrogens is 203 g/mol. The highest BCUT2D eigenvalue weighted by molar-refractivity contribution is 5.92. The van der Waals surface area contributed by atoms with Crippen molar-refractivity contribution < 1.29 is 13.9 Å². The van der Waals surface area contributed by atoms with Gasteiger partial charge >= 0.3 is 0 Å². The van der Waals surface area contributed by atoms with Crippen LogP contribution in [0.5, 0.6) is 5.75 Å². The van der Waals surface area contributed by atoms with E-state index in [2.05, 4.69) is 15.2 Å². The van der Waals surface area contributed by atoms with Gasteiger partial charge in [0.25, 0.3) is 0 Å². The molecule has 5 nitrogen and oxygen atoms in total. The minimum absolute atomic E-state index is 0.0239. The van der Waals surface area contributed by atoms with Gasteiger partial charge in [0.1, 0.15) is 5.69 Å². The summed E-state index contributed by atoms with van der Waals surface area (Å²) in [5.41, 5.74) is -0.0562. The zero-order chi connectivity index (χ0) is 11.4. The molecule has 0 bridgehead atoms. The second kappa shape index (κ2) is 4.50. The van der Waals surface area contributed by atoms with Crippen LogP contribution in [-0.2, 0) is 4.79 Å². The number of benzene rings is 1. The van der Waals surface area contributed by atoms with Gasteiger partial charge in [-0.2, -0.15) is 0 Å². The van der Waals surface area contributed by atoms with Crippen LogP contribution in [0.2, 0.25) is 0 Å². The van der Waals surface area contributed by atoms with Crippen LogP contribution >= 0.6 is 0 Å². The molecule has 1 aromatic carbocycles. The fourth-order valence-electron chi connectivity index (χ4n) is 1.06. The quantitative estimate of drug-likeness (QED) is 0.781. The van der Waals surface area contributed by atoms with Crippen molar-refractivity contribution in [3.05, 3.63) is 22.9 Å². The van der Waals surface area contributed by atoms with Crippen molar-refractivity contribution in [2.24, 2.45) is 5.18 Å². The van der Waals surface area contributed by atoms with Gasteiger partial charge in [-0.05, 0) is 5.18 Å². The van der Waals surface area contributed by atoms with Crippen LogP contribution in [0.4, 0.5) is 15.8 Å². The largest absolute Gasteiger partial charge is 0.494 e. The number of rotatable bonds is 3. The monoisotopic (exact) mass is 212 g/mol. The number of nitrogens with zero attached hydrogens (tertiary/aromatic N) is 1. The molecule has 0 atom stereocenters. The zero-order valence-electron chi connectivity index (χ0n) is 8.20. The third kappa shape index (κ3) is 2.49. The van der Waals surface area contributed by atoms with Crippen molar-refractivity contribution in [3.8, 4) is 5.75 Å². The molecule has 1 N–H and O–H groups in total. The molecule has 6 heteroatoms. The van der Waals surface area contributed by atoms with E-state index in [0.29, 0.717) is 0 Å². The number of ether oxygens (including phenoxy) is 1. The summed E-state index contributed by atoms with van der Waals surface area (Å²) >= 11 is 0. The maximum atomic E-state index is 13.2. The first-order chi connectivity index (χ1) is 7.08. The Labute approximate surface area is 85.2 Å². The molecule has 1 amide bonds. The highest BCUT2D eigenvalue weighted by atomic mass is 19.1. The van der Waals surface area contributed by atoms with Gasteiger partial charge in [0.2, 0.25) is 5.91 Å². The topological polar surface area (TPSA) is 67.8 Å². The fraction of sp³-hybridized carbons (Fsp3) is 0.222. The molecule has 80 valence electrons. The molecule has 15 heavy (non-hydrogen) atoms. The van der Waals surface area contributed by atoms with Crippen molar-refractivity contribution in [2.45, 2.75) is 6.92 Å². The van der Waals surface area contributed by atoms with E-state index in [0.717, 1.165) is 12.1 Å². The van der Waals surface area contributed by atoms with Gasteiger partial charge in [0, 0.05) is 19.1 Å². The lowest BCUT2D eigenvalue weighted by Crippen LogP contribution is -2.06. The Morgan fingerprint density at radius 3 is 2.67 bits per heavy atom. The van der Waals surface area contributed by atoms with Gasteiger partial charge in [-0.15, -0.1) is 4.91 Å². The summed E-state index contributed by atoms with van der Waals surface area (Å²) in [5, 5.41) is 4.95. The number of carbonyl (C=O) groups excluding carboxylic acids is 1. The lowest BCUT2D eigenvalue weighted by atomic mass is 10.2. The molecule has 0 heterocycles. The summed E-state index contributed by atoms with van der Waals surface area (Å²) in [5.74, 6) is -1.18. The minimum Gasteiger partial charge on any atom is -0.494 e. The molecule has 0 saturated carbocycles. The number of halogens is 1. The number of hydrogen-bond acceptors (Lipinski definition) is 4. The first kappa shape index (κ1) is 11.1. The summed E-state index contributed by atoms with van der Waals surface area (Å²) in [6.07, 6.45) is 0. The predicted octanol–water partition coefficient (Wildman–Crippen LogP) is 2.19. The van der Waals surface area contributed by atoms with Crippen LogP contribution < -0.4 is 10.1 Å². The molecule has 0 fully saturated rings.